The van der Waals surface area contributed by atoms with Crippen LogP contribution in [-0.2, 0) is 10.0 Å². The Morgan fingerprint density at radius 1 is 1.08 bits per heavy atom. The summed E-state index contributed by atoms with van der Waals surface area (Å²) >= 11 is 0. The smallest absolute Gasteiger partial charge is 0.243 e. The molecule has 3 heterocycles. The Morgan fingerprint density at radius 2 is 1.75 bits per heavy atom. The zero-order chi connectivity index (χ0) is 25.9. The van der Waals surface area contributed by atoms with Crippen molar-refractivity contribution in [3.05, 3.63) is 47.8 Å². The van der Waals surface area contributed by atoms with Crippen molar-refractivity contribution in [3.8, 4) is 17.2 Å². The number of ether oxygens (including phenoxy) is 2. The van der Waals surface area contributed by atoms with Gasteiger partial charge in [0.05, 0.1) is 25.5 Å². The van der Waals surface area contributed by atoms with Gasteiger partial charge < -0.3 is 14.8 Å². The average molecular weight is 516 g/mol. The van der Waals surface area contributed by atoms with E-state index in [0.29, 0.717) is 28.8 Å². The Morgan fingerprint density at radius 3 is 2.33 bits per heavy atom. The Hall–Kier alpha value is -3.25. The maximum Gasteiger partial charge on any atom is 0.243 e. The third kappa shape index (κ3) is 5.14. The van der Waals surface area contributed by atoms with Gasteiger partial charge in [-0.25, -0.2) is 18.4 Å². The van der Waals surface area contributed by atoms with Crippen molar-refractivity contribution in [2.75, 3.05) is 25.5 Å². The fourth-order valence-corrected chi connectivity index (χ4v) is 5.50. The molecule has 36 heavy (non-hydrogen) atoms. The number of para-hydroxylation sites is 1. The van der Waals surface area contributed by atoms with E-state index in [1.54, 1.807) is 63.2 Å². The predicted molar refractivity (Wildman–Crippen MR) is 136 cm³/mol. The number of methoxy groups -OCH3 is 2. The fourth-order valence-electron chi connectivity index (χ4n) is 4.27. The third-order valence-corrected chi connectivity index (χ3v) is 8.43. The molecule has 4 rings (SSSR count). The van der Waals surface area contributed by atoms with Crippen molar-refractivity contribution >= 4 is 16.0 Å². The van der Waals surface area contributed by atoms with Crippen LogP contribution >= 0.6 is 0 Å². The van der Waals surface area contributed by atoms with Crippen LogP contribution in [0.15, 0.2) is 30.6 Å². The average Bonchev–Trinajstić information content (AvgIpc) is 3.30. The number of aryl methyl sites for hydroxylation is 1. The number of anilines is 1. The first-order chi connectivity index (χ1) is 17.3. The summed E-state index contributed by atoms with van der Waals surface area (Å²) in [4.78, 5) is 8.64. The lowest BCUT2D eigenvalue weighted by Gasteiger charge is -2.25. The lowest BCUT2D eigenvalue weighted by atomic mass is 10.0. The van der Waals surface area contributed by atoms with E-state index in [-0.39, 0.29) is 12.0 Å². The number of nitrogens with one attached hydrogen (secondary N) is 2. The van der Waals surface area contributed by atoms with Crippen molar-refractivity contribution in [1.29, 1.82) is 0 Å². The van der Waals surface area contributed by atoms with E-state index in [9.17, 15) is 8.42 Å². The SMILES string of the molecule is COc1cccc(OC)c1-n1c(NS(=O)(=O)[C@@H](C)[C@H](C)c2ncc(C)cn2)nnc1[C@@H]1CCCCN1. The highest BCUT2D eigenvalue weighted by molar-refractivity contribution is 7.93. The van der Waals surface area contributed by atoms with Gasteiger partial charge in [-0.05, 0) is 50.9 Å². The van der Waals surface area contributed by atoms with Crippen LogP contribution < -0.4 is 19.5 Å². The molecule has 0 radical (unpaired) electrons. The van der Waals surface area contributed by atoms with Crippen LogP contribution in [0.4, 0.5) is 5.95 Å². The van der Waals surface area contributed by atoms with Crippen LogP contribution in [0.2, 0.25) is 0 Å². The van der Waals surface area contributed by atoms with Crippen molar-refractivity contribution in [1.82, 2.24) is 30.0 Å². The van der Waals surface area contributed by atoms with E-state index >= 15 is 0 Å². The normalized spacial score (nSPS) is 17.9. The molecule has 0 aliphatic carbocycles. The molecule has 3 atom stereocenters. The number of rotatable bonds is 9. The maximum absolute atomic E-state index is 13.5. The summed E-state index contributed by atoms with van der Waals surface area (Å²) in [5.74, 6) is 1.64. The van der Waals surface area contributed by atoms with E-state index in [4.69, 9.17) is 9.47 Å². The largest absolute Gasteiger partial charge is 0.494 e. The number of sulfonamides is 1. The fraction of sp³-hybridized carbons (Fsp3) is 0.500. The molecule has 1 fully saturated rings. The molecule has 12 heteroatoms. The minimum absolute atomic E-state index is 0.0593. The Labute approximate surface area is 211 Å². The number of aromatic nitrogens is 5. The second-order valence-electron chi connectivity index (χ2n) is 8.99. The molecule has 11 nitrogen and oxygen atoms in total. The first-order valence-corrected chi connectivity index (χ1v) is 13.5. The highest BCUT2D eigenvalue weighted by atomic mass is 32.2. The van der Waals surface area contributed by atoms with Crippen molar-refractivity contribution in [2.24, 2.45) is 0 Å². The van der Waals surface area contributed by atoms with Crippen LogP contribution in [0.25, 0.3) is 5.69 Å². The third-order valence-electron chi connectivity index (χ3n) is 6.57. The summed E-state index contributed by atoms with van der Waals surface area (Å²) < 4.78 is 42.7. The summed E-state index contributed by atoms with van der Waals surface area (Å²) in [6.45, 7) is 6.14. The van der Waals surface area contributed by atoms with Crippen LogP contribution in [-0.4, -0.2) is 59.2 Å². The van der Waals surface area contributed by atoms with E-state index in [1.165, 1.54) is 0 Å². The number of hydrogen-bond donors (Lipinski definition) is 2. The number of hydrogen-bond acceptors (Lipinski definition) is 9. The summed E-state index contributed by atoms with van der Waals surface area (Å²) in [5, 5.41) is 11.3. The van der Waals surface area contributed by atoms with Crippen molar-refractivity contribution in [3.63, 3.8) is 0 Å². The molecule has 0 unspecified atom stereocenters. The van der Waals surface area contributed by atoms with Gasteiger partial charge in [0.25, 0.3) is 0 Å². The zero-order valence-corrected chi connectivity index (χ0v) is 22.0. The molecule has 1 saturated heterocycles. The highest BCUT2D eigenvalue weighted by Crippen LogP contribution is 2.38. The van der Waals surface area contributed by atoms with Gasteiger partial charge in [0, 0.05) is 18.3 Å². The van der Waals surface area contributed by atoms with E-state index < -0.39 is 21.2 Å². The minimum Gasteiger partial charge on any atom is -0.494 e. The summed E-state index contributed by atoms with van der Waals surface area (Å²) in [6, 6.07) is 5.27. The van der Waals surface area contributed by atoms with Crippen LogP contribution in [0.1, 0.15) is 62.3 Å². The van der Waals surface area contributed by atoms with Gasteiger partial charge in [-0.1, -0.05) is 19.4 Å². The number of benzene rings is 1. The quantitative estimate of drug-likeness (QED) is 0.441. The van der Waals surface area contributed by atoms with Crippen LogP contribution in [0.5, 0.6) is 11.5 Å². The minimum atomic E-state index is -3.91. The molecule has 0 saturated carbocycles. The molecule has 0 spiro atoms. The van der Waals surface area contributed by atoms with Gasteiger partial charge in [-0.3, -0.25) is 9.29 Å². The van der Waals surface area contributed by atoms with Gasteiger partial charge in [0.2, 0.25) is 16.0 Å². The Kier molecular flexibility index (Phi) is 7.74. The number of nitrogens with zero attached hydrogens (tertiary/aromatic N) is 5. The first kappa shape index (κ1) is 25.8. The standard InChI is InChI=1S/C24H33N7O4S/c1-15-13-26-22(27-14-15)16(2)17(3)36(32,33)30-24-29-28-23(18-9-6-7-12-25-18)31(24)21-19(34-4)10-8-11-20(21)35-5/h8,10-11,13-14,16-18,25H,6-7,9,12H2,1-5H3,(H,29,30)/t16-,17-,18-/m0/s1. The molecule has 1 aliphatic rings. The molecular formula is C24H33N7O4S. The second-order valence-corrected chi connectivity index (χ2v) is 11.0. The van der Waals surface area contributed by atoms with Crippen LogP contribution in [0.3, 0.4) is 0 Å². The summed E-state index contributed by atoms with van der Waals surface area (Å²) in [6.07, 6.45) is 6.30. The molecular weight excluding hydrogens is 482 g/mol. The van der Waals surface area contributed by atoms with Gasteiger partial charge in [-0.2, -0.15) is 0 Å². The molecule has 194 valence electrons. The predicted octanol–water partition coefficient (Wildman–Crippen LogP) is 3.13. The van der Waals surface area contributed by atoms with Crippen molar-refractivity contribution < 1.29 is 17.9 Å². The Bertz CT molecular complexity index is 1270. The molecule has 3 aromatic rings. The second kappa shape index (κ2) is 10.8. The summed E-state index contributed by atoms with van der Waals surface area (Å²) in [7, 11) is -0.809. The highest BCUT2D eigenvalue weighted by Gasteiger charge is 2.33. The van der Waals surface area contributed by atoms with E-state index in [0.717, 1.165) is 31.4 Å². The lowest BCUT2D eigenvalue weighted by Crippen LogP contribution is -2.32. The lowest BCUT2D eigenvalue weighted by molar-refractivity contribution is 0.379. The first-order valence-electron chi connectivity index (χ1n) is 12.0. The molecule has 2 N–H and O–H groups in total. The Balaban J connectivity index is 1.77. The van der Waals surface area contributed by atoms with Crippen molar-refractivity contribution in [2.45, 2.75) is 57.2 Å². The van der Waals surface area contributed by atoms with Gasteiger partial charge >= 0.3 is 0 Å². The van der Waals surface area contributed by atoms with Crippen LogP contribution in [0, 0.1) is 6.92 Å². The maximum atomic E-state index is 13.5. The van der Waals surface area contributed by atoms with Gasteiger partial charge in [0.15, 0.2) is 5.82 Å². The zero-order valence-electron chi connectivity index (χ0n) is 21.2. The number of piperidine rings is 1. The van der Waals surface area contributed by atoms with Gasteiger partial charge in [0.1, 0.15) is 23.0 Å². The molecule has 2 aromatic heterocycles. The molecule has 1 aromatic carbocycles. The monoisotopic (exact) mass is 515 g/mol. The van der Waals surface area contributed by atoms with E-state index in [2.05, 4.69) is 30.2 Å². The summed E-state index contributed by atoms with van der Waals surface area (Å²) in [5.41, 5.74) is 1.43. The molecule has 0 amide bonds. The van der Waals surface area contributed by atoms with E-state index in [1.807, 2.05) is 6.92 Å². The topological polar surface area (TPSA) is 133 Å². The van der Waals surface area contributed by atoms with Gasteiger partial charge in [-0.15, -0.1) is 10.2 Å². The molecule has 0 bridgehead atoms. The molecule has 1 aliphatic heterocycles.